The lowest BCUT2D eigenvalue weighted by atomic mass is 9.57. The second kappa shape index (κ2) is 21.6. The van der Waals surface area contributed by atoms with Gasteiger partial charge in [-0.2, -0.15) is 4.57 Å². The summed E-state index contributed by atoms with van der Waals surface area (Å²) in [5.74, 6) is 0.296. The van der Waals surface area contributed by atoms with Crippen molar-refractivity contribution in [1.82, 2.24) is 0 Å². The summed E-state index contributed by atoms with van der Waals surface area (Å²) < 4.78 is 5.01. The fourth-order valence-corrected chi connectivity index (χ4v) is 13.4. The van der Waals surface area contributed by atoms with Crippen molar-refractivity contribution in [1.29, 1.82) is 0 Å². The zero-order valence-electron chi connectivity index (χ0n) is 46.6. The standard InChI is InChI=1S/C75H74N2/c1-9-12-27-55-28-21-33-58(42-55)64-44-62(56-29-15-13-16-30-56)46-66(48-64)67-47-63(57-31-17-14-18-32-57)45-65(49-67)60-35-22-34-59(43-60)61-38-39-71-70(50-61)73-53(5)26-24-41-77(73)75(11-3,74(71,7)10-2)51-54(6)68-36-19-20-37-69(68)72-52(4)25-23-40-76(72)8/h13-26,28-50,54H,9-12,27,51H2,1-8H3/q+2. The van der Waals surface area contributed by atoms with E-state index in [-0.39, 0.29) is 11.0 Å². The molecule has 0 aliphatic carbocycles. The molecular formula is C75H74N2+2. The highest BCUT2D eigenvalue weighted by Gasteiger charge is 2.60. The molecule has 11 rings (SSSR count). The number of nitrogens with zero attached hydrogens (tertiary/aromatic N) is 2. The third-order valence-corrected chi connectivity index (χ3v) is 17.6. The minimum atomic E-state index is -0.181. The Morgan fingerprint density at radius 3 is 1.52 bits per heavy atom. The molecule has 382 valence electrons. The molecule has 0 bridgehead atoms. The van der Waals surface area contributed by atoms with Crippen molar-refractivity contribution in [3.05, 3.63) is 253 Å². The first-order valence-electron chi connectivity index (χ1n) is 28.3. The Hall–Kier alpha value is -7.94. The first kappa shape index (κ1) is 51.2. The number of pyridine rings is 2. The lowest BCUT2D eigenvalue weighted by molar-refractivity contribution is -0.770. The smallest absolute Gasteiger partial charge is 0.201 e. The molecule has 0 amide bonds. The number of fused-ring (bicyclic) bond motifs is 3. The average Bonchev–Trinajstić information content (AvgIpc) is 3.65. The number of benzene rings is 8. The van der Waals surface area contributed by atoms with Crippen LogP contribution in [0.1, 0.15) is 100 Å². The maximum atomic E-state index is 2.72. The second-order valence-electron chi connectivity index (χ2n) is 22.3. The molecule has 3 heterocycles. The Labute approximate surface area is 459 Å². The maximum absolute atomic E-state index is 2.72. The van der Waals surface area contributed by atoms with E-state index in [1.807, 2.05) is 0 Å². The van der Waals surface area contributed by atoms with Gasteiger partial charge in [0.05, 0.1) is 11.0 Å². The first-order chi connectivity index (χ1) is 37.5. The van der Waals surface area contributed by atoms with Crippen LogP contribution in [0.2, 0.25) is 0 Å². The van der Waals surface area contributed by atoms with Crippen LogP contribution in [-0.2, 0) is 24.4 Å². The quantitative estimate of drug-likeness (QED) is 0.0904. The van der Waals surface area contributed by atoms with Gasteiger partial charge in [0.2, 0.25) is 11.4 Å². The van der Waals surface area contributed by atoms with E-state index in [0.717, 1.165) is 25.7 Å². The molecule has 3 unspecified atom stereocenters. The molecule has 1 aliphatic heterocycles. The van der Waals surface area contributed by atoms with Crippen molar-refractivity contribution < 1.29 is 9.13 Å². The molecule has 0 N–H and O–H groups in total. The van der Waals surface area contributed by atoms with Crippen molar-refractivity contribution in [3.8, 4) is 89.3 Å². The molecule has 0 radical (unpaired) electrons. The largest absolute Gasteiger partial charge is 0.216 e. The van der Waals surface area contributed by atoms with Gasteiger partial charge in [-0.1, -0.05) is 168 Å². The molecule has 8 aromatic carbocycles. The first-order valence-corrected chi connectivity index (χ1v) is 28.3. The molecule has 10 aromatic rings. The van der Waals surface area contributed by atoms with Crippen LogP contribution >= 0.6 is 0 Å². The van der Waals surface area contributed by atoms with Gasteiger partial charge in [0.1, 0.15) is 7.05 Å². The van der Waals surface area contributed by atoms with E-state index >= 15 is 0 Å². The lowest BCUT2D eigenvalue weighted by Gasteiger charge is -2.49. The van der Waals surface area contributed by atoms with Gasteiger partial charge in [0, 0.05) is 41.7 Å². The van der Waals surface area contributed by atoms with Gasteiger partial charge >= 0.3 is 0 Å². The second-order valence-corrected chi connectivity index (χ2v) is 22.3. The fraction of sp³-hybridized carbons (Fsp3) is 0.227. The Balaban J connectivity index is 1.01. The van der Waals surface area contributed by atoms with Crippen LogP contribution in [-0.4, -0.2) is 0 Å². The summed E-state index contributed by atoms with van der Waals surface area (Å²) in [7, 11) is 2.18. The minimum Gasteiger partial charge on any atom is -0.201 e. The summed E-state index contributed by atoms with van der Waals surface area (Å²) in [4.78, 5) is 0. The normalized spacial score (nSPS) is 16.2. The average molecular weight is 1000 g/mol. The van der Waals surface area contributed by atoms with Crippen LogP contribution in [0.25, 0.3) is 89.3 Å². The molecule has 1 aliphatic rings. The number of hydrogen-bond acceptors (Lipinski definition) is 0. The zero-order valence-corrected chi connectivity index (χ0v) is 46.6. The van der Waals surface area contributed by atoms with Gasteiger partial charge in [0.15, 0.2) is 17.9 Å². The summed E-state index contributed by atoms with van der Waals surface area (Å²) >= 11 is 0. The Morgan fingerprint density at radius 2 is 0.922 bits per heavy atom. The molecule has 3 atom stereocenters. The highest BCUT2D eigenvalue weighted by molar-refractivity contribution is 5.87. The number of unbranched alkanes of at least 4 members (excludes halogenated alkanes) is 1. The summed E-state index contributed by atoms with van der Waals surface area (Å²) in [6, 6.07) is 80.1. The highest BCUT2D eigenvalue weighted by atomic mass is 15.1. The summed E-state index contributed by atoms with van der Waals surface area (Å²) in [6.07, 6.45) is 11.1. The van der Waals surface area contributed by atoms with Crippen molar-refractivity contribution in [2.75, 3.05) is 0 Å². The maximum Gasteiger partial charge on any atom is 0.216 e. The summed E-state index contributed by atoms with van der Waals surface area (Å²) in [5.41, 5.74) is 26.4. The molecule has 2 nitrogen and oxygen atoms in total. The topological polar surface area (TPSA) is 7.76 Å². The van der Waals surface area contributed by atoms with Crippen molar-refractivity contribution in [2.45, 2.75) is 104 Å². The van der Waals surface area contributed by atoms with Crippen molar-refractivity contribution in [3.63, 3.8) is 0 Å². The van der Waals surface area contributed by atoms with Crippen LogP contribution in [0.3, 0.4) is 0 Å². The number of aryl methyl sites for hydroxylation is 4. The third-order valence-electron chi connectivity index (χ3n) is 17.6. The van der Waals surface area contributed by atoms with Crippen LogP contribution in [0.4, 0.5) is 0 Å². The van der Waals surface area contributed by atoms with E-state index < -0.39 is 0 Å². The molecule has 0 saturated carbocycles. The SMILES string of the molecule is CCCCc1cccc(-c2cc(-c3ccccc3)cc(-c3cc(-c4ccccc4)cc(-c4cccc(-c5ccc6c(c5)-c5c(C)ccc[n+]5C(CC)(CC(C)c5ccccc5-c5c(C)ccc[n+]5C)C6(C)CC)c4)c3)c2)c1. The third kappa shape index (κ3) is 9.58. The van der Waals surface area contributed by atoms with Crippen LogP contribution < -0.4 is 9.13 Å². The number of hydrogen-bond donors (Lipinski definition) is 0. The van der Waals surface area contributed by atoms with Crippen LogP contribution in [0.5, 0.6) is 0 Å². The molecule has 0 saturated heterocycles. The summed E-state index contributed by atoms with van der Waals surface area (Å²) in [6.45, 7) is 16.7. The van der Waals surface area contributed by atoms with E-state index in [4.69, 9.17) is 0 Å². The number of aromatic nitrogens is 2. The zero-order chi connectivity index (χ0) is 53.3. The summed E-state index contributed by atoms with van der Waals surface area (Å²) in [5, 5.41) is 0. The van der Waals surface area contributed by atoms with Gasteiger partial charge in [-0.05, 0) is 196 Å². The Morgan fingerprint density at radius 1 is 0.429 bits per heavy atom. The van der Waals surface area contributed by atoms with Gasteiger partial charge in [0.25, 0.3) is 0 Å². The van der Waals surface area contributed by atoms with Crippen molar-refractivity contribution in [2.24, 2.45) is 7.05 Å². The van der Waals surface area contributed by atoms with E-state index in [9.17, 15) is 0 Å². The molecule has 2 aromatic heterocycles. The van der Waals surface area contributed by atoms with Gasteiger partial charge < -0.3 is 0 Å². The molecule has 0 spiro atoms. The van der Waals surface area contributed by atoms with Gasteiger partial charge in [-0.25, -0.2) is 4.57 Å². The predicted octanol–water partition coefficient (Wildman–Crippen LogP) is 19.1. The highest BCUT2D eigenvalue weighted by Crippen LogP contribution is 2.55. The van der Waals surface area contributed by atoms with E-state index in [1.54, 1.807) is 0 Å². The Bertz CT molecular complexity index is 3730. The van der Waals surface area contributed by atoms with E-state index in [0.29, 0.717) is 5.92 Å². The van der Waals surface area contributed by atoms with Crippen molar-refractivity contribution >= 4 is 0 Å². The minimum absolute atomic E-state index is 0.150. The lowest BCUT2D eigenvalue weighted by Crippen LogP contribution is -2.69. The van der Waals surface area contributed by atoms with Gasteiger partial charge in [-0.3, -0.25) is 0 Å². The molecular weight excluding hydrogens is 929 g/mol. The molecule has 2 heteroatoms. The van der Waals surface area contributed by atoms with Gasteiger partial charge in [-0.15, -0.1) is 0 Å². The van der Waals surface area contributed by atoms with E-state index in [2.05, 4.69) is 289 Å². The monoisotopic (exact) mass is 1000 g/mol. The predicted molar refractivity (Wildman–Crippen MR) is 325 cm³/mol. The fourth-order valence-electron chi connectivity index (χ4n) is 13.4. The number of rotatable bonds is 15. The van der Waals surface area contributed by atoms with E-state index in [1.165, 1.54) is 130 Å². The molecule has 0 fully saturated rings. The van der Waals surface area contributed by atoms with Crippen LogP contribution in [0.15, 0.2) is 225 Å². The van der Waals surface area contributed by atoms with Crippen LogP contribution in [0, 0.1) is 13.8 Å². The Kier molecular flexibility index (Phi) is 14.4. The molecule has 77 heavy (non-hydrogen) atoms.